The third kappa shape index (κ3) is 7.31. The molecule has 0 N–H and O–H groups in total. The van der Waals surface area contributed by atoms with Crippen LogP contribution in [0.1, 0.15) is 73.6 Å². The lowest BCUT2D eigenvalue weighted by Gasteiger charge is -2.36. The second-order valence-corrected chi connectivity index (χ2v) is 8.20. The van der Waals surface area contributed by atoms with Crippen molar-refractivity contribution in [2.75, 3.05) is 13.2 Å². The molecule has 2 nitrogen and oxygen atoms in total. The highest BCUT2D eigenvalue weighted by molar-refractivity contribution is 4.74. The summed E-state index contributed by atoms with van der Waals surface area (Å²) in [5.74, 6) is 0.822. The van der Waals surface area contributed by atoms with Gasteiger partial charge in [-0.15, -0.1) is 0 Å². The molecule has 114 valence electrons. The molecule has 0 amide bonds. The summed E-state index contributed by atoms with van der Waals surface area (Å²) in [6.45, 7) is 15.4. The molecule has 0 unspecified atom stereocenters. The summed E-state index contributed by atoms with van der Waals surface area (Å²) in [6, 6.07) is 0. The molecule has 0 aromatic carbocycles. The molecule has 0 spiro atoms. The van der Waals surface area contributed by atoms with E-state index in [9.17, 15) is 0 Å². The smallest absolute Gasteiger partial charge is 0.157 e. The van der Waals surface area contributed by atoms with Crippen LogP contribution < -0.4 is 0 Å². The second-order valence-electron chi connectivity index (χ2n) is 8.20. The van der Waals surface area contributed by atoms with E-state index in [4.69, 9.17) is 9.47 Å². The van der Waals surface area contributed by atoms with Crippen LogP contribution in [0, 0.1) is 16.7 Å². The molecule has 0 atom stereocenters. The molecular weight excluding hydrogens is 236 g/mol. The van der Waals surface area contributed by atoms with Gasteiger partial charge in [0.1, 0.15) is 0 Å². The molecule has 2 heteroatoms. The Balaban J connectivity index is 2.20. The van der Waals surface area contributed by atoms with Crippen LogP contribution >= 0.6 is 0 Å². The Bertz CT molecular complexity index is 246. The average molecular weight is 270 g/mol. The molecule has 0 aromatic rings. The van der Waals surface area contributed by atoms with Crippen LogP contribution in [0.3, 0.4) is 0 Å². The minimum atomic E-state index is 0.0254. The van der Waals surface area contributed by atoms with Crippen molar-refractivity contribution in [1.82, 2.24) is 0 Å². The first-order chi connectivity index (χ1) is 8.70. The van der Waals surface area contributed by atoms with Gasteiger partial charge >= 0.3 is 0 Å². The molecule has 1 heterocycles. The lowest BCUT2D eigenvalue weighted by molar-refractivity contribution is -0.225. The van der Waals surface area contributed by atoms with Gasteiger partial charge in [-0.1, -0.05) is 54.4 Å². The van der Waals surface area contributed by atoms with Gasteiger partial charge in [0.05, 0.1) is 13.2 Å². The minimum absolute atomic E-state index is 0.0254. The fourth-order valence-electron chi connectivity index (χ4n) is 2.52. The van der Waals surface area contributed by atoms with Crippen molar-refractivity contribution in [3.63, 3.8) is 0 Å². The summed E-state index contributed by atoms with van der Waals surface area (Å²) >= 11 is 0. The zero-order valence-corrected chi connectivity index (χ0v) is 13.9. The molecule has 1 aliphatic rings. The second kappa shape index (κ2) is 7.08. The van der Waals surface area contributed by atoms with Gasteiger partial charge in [0, 0.05) is 5.41 Å². The third-order valence-corrected chi connectivity index (χ3v) is 4.01. The first kappa shape index (κ1) is 17.0. The Kier molecular flexibility index (Phi) is 6.32. The van der Waals surface area contributed by atoms with Crippen molar-refractivity contribution in [3.05, 3.63) is 0 Å². The van der Waals surface area contributed by atoms with E-state index in [1.165, 1.54) is 25.7 Å². The maximum atomic E-state index is 5.81. The van der Waals surface area contributed by atoms with Crippen molar-refractivity contribution < 1.29 is 9.47 Å². The van der Waals surface area contributed by atoms with Crippen LogP contribution in [-0.2, 0) is 9.47 Å². The first-order valence-electron chi connectivity index (χ1n) is 7.93. The highest BCUT2D eigenvalue weighted by atomic mass is 16.7. The largest absolute Gasteiger partial charge is 0.352 e. The SMILES string of the molecule is CC(C)CCCC(C)(C)CCC1OCC(C)(C)CO1. The molecule has 1 fully saturated rings. The van der Waals surface area contributed by atoms with Crippen LogP contribution in [0.25, 0.3) is 0 Å². The molecule has 0 aromatic heterocycles. The summed E-state index contributed by atoms with van der Waals surface area (Å²) in [5.41, 5.74) is 0.595. The molecule has 1 saturated heterocycles. The molecule has 1 rings (SSSR count). The molecular formula is C17H34O2. The van der Waals surface area contributed by atoms with E-state index in [-0.39, 0.29) is 11.7 Å². The predicted octanol–water partition coefficient (Wildman–Crippen LogP) is 5.02. The predicted molar refractivity (Wildman–Crippen MR) is 81.2 cm³/mol. The van der Waals surface area contributed by atoms with Gasteiger partial charge in [0.2, 0.25) is 0 Å². The fraction of sp³-hybridized carbons (Fsp3) is 1.00. The van der Waals surface area contributed by atoms with Crippen LogP contribution in [-0.4, -0.2) is 19.5 Å². The van der Waals surface area contributed by atoms with Crippen LogP contribution in [0.2, 0.25) is 0 Å². The van der Waals surface area contributed by atoms with Gasteiger partial charge in [0.25, 0.3) is 0 Å². The average Bonchev–Trinajstić information content (AvgIpc) is 2.27. The van der Waals surface area contributed by atoms with Gasteiger partial charge in [-0.2, -0.15) is 0 Å². The van der Waals surface area contributed by atoms with Gasteiger partial charge in [-0.05, 0) is 30.6 Å². The van der Waals surface area contributed by atoms with Crippen LogP contribution in [0.5, 0.6) is 0 Å². The van der Waals surface area contributed by atoms with E-state index >= 15 is 0 Å². The highest BCUT2D eigenvalue weighted by Gasteiger charge is 2.29. The van der Waals surface area contributed by atoms with E-state index in [2.05, 4.69) is 41.5 Å². The number of ether oxygens (including phenoxy) is 2. The molecule has 1 aliphatic heterocycles. The molecule has 0 saturated carbocycles. The molecule has 19 heavy (non-hydrogen) atoms. The third-order valence-electron chi connectivity index (χ3n) is 4.01. The van der Waals surface area contributed by atoms with Gasteiger partial charge in [0.15, 0.2) is 6.29 Å². The number of hydrogen-bond acceptors (Lipinski definition) is 2. The maximum Gasteiger partial charge on any atom is 0.157 e. The van der Waals surface area contributed by atoms with E-state index in [1.54, 1.807) is 0 Å². The van der Waals surface area contributed by atoms with E-state index in [1.807, 2.05) is 0 Å². The van der Waals surface area contributed by atoms with E-state index in [0.29, 0.717) is 5.41 Å². The number of hydrogen-bond donors (Lipinski definition) is 0. The lowest BCUT2D eigenvalue weighted by Crippen LogP contribution is -2.38. The van der Waals surface area contributed by atoms with Gasteiger partial charge in [-0.3, -0.25) is 0 Å². The summed E-state index contributed by atoms with van der Waals surface area (Å²) in [5, 5.41) is 0. The zero-order valence-electron chi connectivity index (χ0n) is 13.9. The monoisotopic (exact) mass is 270 g/mol. The Morgan fingerprint density at radius 1 is 1.11 bits per heavy atom. The van der Waals surface area contributed by atoms with Crippen molar-refractivity contribution >= 4 is 0 Å². The molecule has 0 radical (unpaired) electrons. The van der Waals surface area contributed by atoms with Crippen molar-refractivity contribution in [2.24, 2.45) is 16.7 Å². The van der Waals surface area contributed by atoms with E-state index in [0.717, 1.165) is 25.6 Å². The number of rotatable bonds is 7. The van der Waals surface area contributed by atoms with Crippen molar-refractivity contribution in [2.45, 2.75) is 79.9 Å². The fourth-order valence-corrected chi connectivity index (χ4v) is 2.52. The standard InChI is InChI=1S/C17H34O2/c1-14(2)8-7-10-16(3,4)11-9-15-18-12-17(5,6)13-19-15/h14-15H,7-13H2,1-6H3. The molecule has 0 bridgehead atoms. The Morgan fingerprint density at radius 2 is 1.68 bits per heavy atom. The minimum Gasteiger partial charge on any atom is -0.352 e. The Morgan fingerprint density at radius 3 is 2.21 bits per heavy atom. The quantitative estimate of drug-likeness (QED) is 0.647. The van der Waals surface area contributed by atoms with Gasteiger partial charge in [-0.25, -0.2) is 0 Å². The lowest BCUT2D eigenvalue weighted by atomic mass is 9.82. The summed E-state index contributed by atoms with van der Waals surface area (Å²) in [7, 11) is 0. The topological polar surface area (TPSA) is 18.5 Å². The zero-order chi connectivity index (χ0) is 14.5. The summed E-state index contributed by atoms with van der Waals surface area (Å²) < 4.78 is 11.6. The first-order valence-corrected chi connectivity index (χ1v) is 7.93. The van der Waals surface area contributed by atoms with Gasteiger partial charge < -0.3 is 9.47 Å². The van der Waals surface area contributed by atoms with Crippen molar-refractivity contribution in [3.8, 4) is 0 Å². The summed E-state index contributed by atoms with van der Waals surface area (Å²) in [4.78, 5) is 0. The summed E-state index contributed by atoms with van der Waals surface area (Å²) in [6.07, 6.45) is 6.24. The highest BCUT2D eigenvalue weighted by Crippen LogP contribution is 2.32. The Hall–Kier alpha value is -0.0800. The Labute approximate surface area is 120 Å². The van der Waals surface area contributed by atoms with E-state index < -0.39 is 0 Å². The molecule has 0 aliphatic carbocycles. The van der Waals surface area contributed by atoms with Crippen LogP contribution in [0.4, 0.5) is 0 Å². The normalized spacial score (nSPS) is 21.0. The maximum absolute atomic E-state index is 5.81. The van der Waals surface area contributed by atoms with Crippen LogP contribution in [0.15, 0.2) is 0 Å². The van der Waals surface area contributed by atoms with Crippen molar-refractivity contribution in [1.29, 1.82) is 0 Å².